The zero-order chi connectivity index (χ0) is 53.8. The van der Waals surface area contributed by atoms with Gasteiger partial charge in [-0.05, 0) is 131 Å². The summed E-state index contributed by atoms with van der Waals surface area (Å²) in [7, 11) is 3.25. The maximum Gasteiger partial charge on any atom is 0.303 e. The van der Waals surface area contributed by atoms with E-state index in [2.05, 4.69) is 90.1 Å². The summed E-state index contributed by atoms with van der Waals surface area (Å²) in [6.45, 7) is 24.0. The van der Waals surface area contributed by atoms with Crippen LogP contribution in [-0.2, 0) is 35.2 Å². The van der Waals surface area contributed by atoms with Crippen molar-refractivity contribution in [3.8, 4) is 32.4 Å². The summed E-state index contributed by atoms with van der Waals surface area (Å²) in [5.41, 5.74) is 5.84. The molecule has 0 spiro atoms. The van der Waals surface area contributed by atoms with E-state index < -0.39 is 29.8 Å². The normalized spacial score (nSPS) is 16.5. The average molecular weight is 1280 g/mol. The first-order valence-corrected chi connectivity index (χ1v) is 28.6. The van der Waals surface area contributed by atoms with Gasteiger partial charge in [0.15, 0.2) is 0 Å². The topological polar surface area (TPSA) is 55.4 Å². The van der Waals surface area contributed by atoms with Crippen molar-refractivity contribution in [3.05, 3.63) is 150 Å². The van der Waals surface area contributed by atoms with Gasteiger partial charge >= 0.3 is 11.8 Å². The second-order valence-electron chi connectivity index (χ2n) is 21.4. The first-order chi connectivity index (χ1) is 34.8. The van der Waals surface area contributed by atoms with Crippen LogP contribution in [-0.4, -0.2) is 80.3 Å². The van der Waals surface area contributed by atoms with E-state index in [-0.39, 0.29) is 22.0 Å². The second kappa shape index (κ2) is 21.8. The number of hydrogen-bond donors (Lipinski definition) is 0. The molecule has 2 heterocycles. The molecule has 6 aromatic rings. The Bertz CT molecular complexity index is 2790. The molecular weight excluding hydrogens is 1210 g/mol. The quantitative estimate of drug-likeness (QED) is 0.0370. The number of hydrogen-bond acceptors (Lipinski definition) is 8. The minimum Gasteiger partial charge on any atom is -0.491 e. The number of thiophene rings is 2. The second-order valence-corrected chi connectivity index (χ2v) is 28.8. The average Bonchev–Trinajstić information content (AvgIpc) is 3.98. The number of alkyl halides is 6. The Hall–Kier alpha value is -3.36. The first-order valence-electron chi connectivity index (χ1n) is 24.8. The Morgan fingerprint density at radius 3 is 1.11 bits per heavy atom. The maximum atomic E-state index is 18.0. The van der Waals surface area contributed by atoms with Gasteiger partial charge in [-0.2, -0.15) is 17.6 Å². The smallest absolute Gasteiger partial charge is 0.303 e. The highest BCUT2D eigenvalue weighted by atomic mass is 127. The van der Waals surface area contributed by atoms with Crippen molar-refractivity contribution < 1.29 is 46.0 Å². The van der Waals surface area contributed by atoms with Gasteiger partial charge < -0.3 is 28.4 Å². The molecule has 74 heavy (non-hydrogen) atoms. The van der Waals surface area contributed by atoms with E-state index in [0.29, 0.717) is 83.9 Å². The fraction of sp³-hybridized carbons (Fsp3) is 0.433. The number of methoxy groups -OCH3 is 2. The number of rotatable bonds is 18. The van der Waals surface area contributed by atoms with Crippen LogP contribution in [0.25, 0.3) is 32.0 Å². The van der Waals surface area contributed by atoms with Crippen LogP contribution in [0.5, 0.6) is 11.5 Å². The molecule has 8 rings (SSSR count). The summed E-state index contributed by atoms with van der Waals surface area (Å²) in [5, 5.41) is 0. The molecule has 2 aliphatic rings. The van der Waals surface area contributed by atoms with Crippen LogP contribution in [0.4, 0.5) is 17.6 Å². The molecule has 0 fully saturated rings. The number of ether oxygens (including phenoxy) is 6. The van der Waals surface area contributed by atoms with Gasteiger partial charge in [0.25, 0.3) is 0 Å². The molecule has 0 bridgehead atoms. The minimum absolute atomic E-state index is 0.118. The Balaban J connectivity index is 1.43. The van der Waals surface area contributed by atoms with Crippen molar-refractivity contribution in [3.63, 3.8) is 0 Å². The summed E-state index contributed by atoms with van der Waals surface area (Å²) in [6.07, 6.45) is 0. The lowest BCUT2D eigenvalue weighted by Crippen LogP contribution is -2.46. The van der Waals surface area contributed by atoms with Gasteiger partial charge in [-0.25, -0.2) is 0 Å². The summed E-state index contributed by atoms with van der Waals surface area (Å²) in [4.78, 5) is 2.45. The standard InChI is InChI=1S/C60H66F4I2O6S2/c1-35-29-39(30-36(2)51(35)71-27-25-69-23-21-67-11)47-33-45-49-50(59(63,64)60(65,66)58(49,61)62)46-34-48(40-31-37(3)52(38(4)32-40)72-28-26-70-24-22-68-12)74-54(46)57(53(45)73-47,43-17-13-41(14-18-43)55(5,6)7)44-19-15-42(16-20-44)56(8,9)10/h13-20,29-34H,21-28H2,1-12H3. The van der Waals surface area contributed by atoms with E-state index in [0.717, 1.165) is 55.6 Å². The van der Waals surface area contributed by atoms with Crippen molar-refractivity contribution >= 4 is 79.0 Å². The maximum absolute atomic E-state index is 18.0. The number of halogens is 6. The molecule has 0 amide bonds. The Morgan fingerprint density at radius 1 is 0.473 bits per heavy atom. The zero-order valence-electron chi connectivity index (χ0n) is 44.3. The Kier molecular flexibility index (Phi) is 16.8. The third kappa shape index (κ3) is 10.3. The van der Waals surface area contributed by atoms with Gasteiger partial charge in [0.1, 0.15) is 24.7 Å². The molecule has 0 saturated carbocycles. The lowest BCUT2D eigenvalue weighted by molar-refractivity contribution is -0.0185. The van der Waals surface area contributed by atoms with Crippen LogP contribution in [0, 0.1) is 27.7 Å². The highest BCUT2D eigenvalue weighted by molar-refractivity contribution is 14.2. The van der Waals surface area contributed by atoms with Gasteiger partial charge in [-0.3, -0.25) is 0 Å². The Morgan fingerprint density at radius 2 is 0.797 bits per heavy atom. The first kappa shape index (κ1) is 56.8. The van der Waals surface area contributed by atoms with Crippen LogP contribution in [0.15, 0.2) is 84.9 Å². The number of fused-ring (bicyclic) bond motifs is 4. The third-order valence-electron chi connectivity index (χ3n) is 14.0. The van der Waals surface area contributed by atoms with Crippen molar-refractivity contribution in [2.75, 3.05) is 67.1 Å². The van der Waals surface area contributed by atoms with Crippen LogP contribution in [0.3, 0.4) is 0 Å². The molecule has 0 N–H and O–H groups in total. The summed E-state index contributed by atoms with van der Waals surface area (Å²) >= 11 is 5.42. The number of allylic oxidation sites excluding steroid dienone is 2. The van der Waals surface area contributed by atoms with E-state index in [1.165, 1.54) is 67.9 Å². The van der Waals surface area contributed by atoms with Gasteiger partial charge in [0.2, 0.25) is 1.43 Å². The van der Waals surface area contributed by atoms with E-state index in [1.807, 2.05) is 52.0 Å². The molecule has 0 atom stereocenters. The Labute approximate surface area is 469 Å². The van der Waals surface area contributed by atoms with Crippen molar-refractivity contribution in [2.24, 2.45) is 0 Å². The summed E-state index contributed by atoms with van der Waals surface area (Å²) in [5.74, 6) is -6.58. The van der Waals surface area contributed by atoms with E-state index >= 15 is 17.6 Å². The molecule has 0 saturated heterocycles. The molecule has 4 aromatic carbocycles. The van der Waals surface area contributed by atoms with Crippen molar-refractivity contribution in [2.45, 2.75) is 98.8 Å². The minimum atomic E-state index is -3.99. The highest BCUT2D eigenvalue weighted by Gasteiger charge is 2.76. The van der Waals surface area contributed by atoms with Gasteiger partial charge in [0.05, 0.1) is 45.1 Å². The fourth-order valence-electron chi connectivity index (χ4n) is 10.2. The molecule has 0 radical (unpaired) electrons. The summed E-state index contributed by atoms with van der Waals surface area (Å²) in [6, 6.07) is 28.2. The molecule has 14 heteroatoms. The lowest BCUT2D eigenvalue weighted by atomic mass is 9.69. The predicted molar refractivity (Wildman–Crippen MR) is 312 cm³/mol. The monoisotopic (exact) mass is 1280 g/mol. The van der Waals surface area contributed by atoms with E-state index in [1.54, 1.807) is 26.4 Å². The molecule has 0 unspecified atom stereocenters. The molecular formula is C60H66F4I2O6S2. The number of benzene rings is 4. The zero-order valence-corrected chi connectivity index (χ0v) is 50.2. The summed E-state index contributed by atoms with van der Waals surface area (Å²) < 4.78 is 103. The van der Waals surface area contributed by atoms with E-state index in [9.17, 15) is 0 Å². The van der Waals surface area contributed by atoms with Crippen molar-refractivity contribution in [1.29, 1.82) is 0 Å². The molecule has 0 aliphatic heterocycles. The lowest BCUT2D eigenvalue weighted by Gasteiger charge is -2.37. The highest BCUT2D eigenvalue weighted by Crippen LogP contribution is 2.73. The molecule has 2 aliphatic carbocycles. The largest absolute Gasteiger partial charge is 0.491 e. The van der Waals surface area contributed by atoms with Crippen LogP contribution < -0.4 is 9.47 Å². The SMILES string of the molecule is COCCOCCOc1c(C)cc(-c2cc3c(s2)C(c2ccc(C(C)(C)C)cc2)(c2ccc(C(C)(C)C)cc2)c2sc(-c4cc(C)c(OCCOCCOC)c(C)c4)cc2C2=C3C(F)(F)C(I)(I)C2(F)F)cc1C. The van der Waals surface area contributed by atoms with Crippen LogP contribution in [0.1, 0.15) is 107 Å². The van der Waals surface area contributed by atoms with Crippen LogP contribution >= 0.6 is 67.9 Å². The molecule has 6 nitrogen and oxygen atoms in total. The van der Waals surface area contributed by atoms with Gasteiger partial charge in [-0.1, -0.05) is 135 Å². The predicted octanol–water partition coefficient (Wildman–Crippen LogP) is 16.5. The molecule has 396 valence electrons. The van der Waals surface area contributed by atoms with Crippen LogP contribution in [0.2, 0.25) is 0 Å². The van der Waals surface area contributed by atoms with Gasteiger partial charge in [-0.15, -0.1) is 22.7 Å². The van der Waals surface area contributed by atoms with Crippen molar-refractivity contribution in [1.82, 2.24) is 0 Å². The third-order valence-corrected chi connectivity index (χ3v) is 19.3. The van der Waals surface area contributed by atoms with Gasteiger partial charge in [0, 0.05) is 56.0 Å². The molecule has 2 aromatic heterocycles. The number of aryl methyl sites for hydroxylation is 4. The fourth-order valence-corrected chi connectivity index (χ4v) is 14.1. The van der Waals surface area contributed by atoms with E-state index in [4.69, 9.17) is 28.4 Å².